The van der Waals surface area contributed by atoms with Gasteiger partial charge in [-0.2, -0.15) is 0 Å². The van der Waals surface area contributed by atoms with E-state index in [1.54, 1.807) is 39.2 Å². The number of esters is 1. The Bertz CT molecular complexity index is 1760. The number of para-hydroxylation sites is 1. The quantitative estimate of drug-likeness (QED) is 0.316. The van der Waals surface area contributed by atoms with E-state index in [-0.39, 0.29) is 12.2 Å². The molecule has 9 heteroatoms. The lowest BCUT2D eigenvalue weighted by atomic mass is 9.95. The maximum atomic E-state index is 13.8. The number of carbonyl (C=O) groups is 1. The molecule has 3 heterocycles. The monoisotopic (exact) mass is 548 g/mol. The fraction of sp³-hybridized carbons (Fsp3) is 0.207. The standard InChI is InChI=1S/C29H25ClN2O5S/c1-5-36-28(34)25-17(3)31-29-32(26(25)20-8-6-7-9-22(20)35-4)27(33)24(38-29)15-19-12-13-23(37-19)21-14-18(30)11-10-16(21)2/h6-15,26H,5H2,1-4H3/b24-15-/t26-/m1/s1. The Morgan fingerprint density at radius 3 is 2.74 bits per heavy atom. The Morgan fingerprint density at radius 2 is 1.97 bits per heavy atom. The van der Waals surface area contributed by atoms with E-state index in [0.717, 1.165) is 11.1 Å². The van der Waals surface area contributed by atoms with Crippen LogP contribution < -0.4 is 19.6 Å². The second-order valence-electron chi connectivity index (χ2n) is 8.71. The number of aromatic nitrogens is 1. The predicted molar refractivity (Wildman–Crippen MR) is 147 cm³/mol. The van der Waals surface area contributed by atoms with Gasteiger partial charge in [-0.15, -0.1) is 0 Å². The number of hydrogen-bond donors (Lipinski definition) is 0. The molecule has 5 rings (SSSR count). The van der Waals surface area contributed by atoms with E-state index in [1.807, 2.05) is 49.4 Å². The molecule has 38 heavy (non-hydrogen) atoms. The Kier molecular flexibility index (Phi) is 7.10. The van der Waals surface area contributed by atoms with Crippen LogP contribution in [0.5, 0.6) is 5.75 Å². The highest BCUT2D eigenvalue weighted by atomic mass is 35.5. The molecule has 1 aliphatic rings. The predicted octanol–water partition coefficient (Wildman–Crippen LogP) is 5.03. The Morgan fingerprint density at radius 1 is 1.18 bits per heavy atom. The number of aryl methyl sites for hydroxylation is 1. The van der Waals surface area contributed by atoms with Gasteiger partial charge in [-0.1, -0.05) is 47.2 Å². The zero-order valence-corrected chi connectivity index (χ0v) is 22.9. The Balaban J connectivity index is 1.67. The lowest BCUT2D eigenvalue weighted by molar-refractivity contribution is -0.139. The van der Waals surface area contributed by atoms with Crippen LogP contribution in [0.3, 0.4) is 0 Å². The zero-order chi connectivity index (χ0) is 27.0. The molecule has 7 nitrogen and oxygen atoms in total. The minimum absolute atomic E-state index is 0.200. The van der Waals surface area contributed by atoms with Crippen LogP contribution in [0.4, 0.5) is 0 Å². The molecule has 0 saturated heterocycles. The highest BCUT2D eigenvalue weighted by molar-refractivity contribution is 7.07. The Hall–Kier alpha value is -3.88. The first kappa shape index (κ1) is 25.8. The number of benzene rings is 2. The van der Waals surface area contributed by atoms with E-state index >= 15 is 0 Å². The molecule has 0 bridgehead atoms. The van der Waals surface area contributed by atoms with Gasteiger partial charge < -0.3 is 13.9 Å². The molecule has 0 saturated carbocycles. The molecule has 0 aliphatic carbocycles. The average Bonchev–Trinajstić information content (AvgIpc) is 3.49. The molecule has 194 valence electrons. The van der Waals surface area contributed by atoms with Crippen molar-refractivity contribution < 1.29 is 18.7 Å². The van der Waals surface area contributed by atoms with E-state index in [0.29, 0.717) is 48.5 Å². The normalized spacial score (nSPS) is 15.3. The maximum absolute atomic E-state index is 13.8. The molecule has 4 aromatic rings. The number of fused-ring (bicyclic) bond motifs is 1. The highest BCUT2D eigenvalue weighted by Crippen LogP contribution is 2.35. The van der Waals surface area contributed by atoms with Crippen molar-refractivity contribution in [1.82, 2.24) is 4.57 Å². The van der Waals surface area contributed by atoms with Crippen LogP contribution >= 0.6 is 22.9 Å². The van der Waals surface area contributed by atoms with Gasteiger partial charge in [0.05, 0.1) is 29.5 Å². The largest absolute Gasteiger partial charge is 0.496 e. The average molecular weight is 549 g/mol. The number of thiazole rings is 1. The van der Waals surface area contributed by atoms with Crippen LogP contribution in [0.25, 0.3) is 17.4 Å². The molecule has 0 N–H and O–H groups in total. The number of furan rings is 1. The van der Waals surface area contributed by atoms with Crippen LogP contribution in [0.15, 0.2) is 80.1 Å². The minimum atomic E-state index is -0.759. The van der Waals surface area contributed by atoms with Gasteiger partial charge in [-0.25, -0.2) is 9.79 Å². The summed E-state index contributed by atoms with van der Waals surface area (Å²) in [5.41, 5.74) is 3.06. The molecule has 2 aromatic heterocycles. The van der Waals surface area contributed by atoms with Crippen LogP contribution in [-0.4, -0.2) is 24.3 Å². The van der Waals surface area contributed by atoms with Crippen molar-refractivity contribution in [2.45, 2.75) is 26.8 Å². The van der Waals surface area contributed by atoms with E-state index in [2.05, 4.69) is 4.99 Å². The van der Waals surface area contributed by atoms with Crippen LogP contribution in [-0.2, 0) is 9.53 Å². The lowest BCUT2D eigenvalue weighted by Gasteiger charge is -2.25. The van der Waals surface area contributed by atoms with Gasteiger partial charge in [-0.05, 0) is 56.7 Å². The molecule has 0 unspecified atom stereocenters. The van der Waals surface area contributed by atoms with Gasteiger partial charge in [-0.3, -0.25) is 9.36 Å². The number of nitrogens with zero attached hydrogens (tertiary/aromatic N) is 2. The van der Waals surface area contributed by atoms with Crippen molar-refractivity contribution in [3.05, 3.63) is 107 Å². The third-order valence-electron chi connectivity index (χ3n) is 6.32. The van der Waals surface area contributed by atoms with Crippen molar-refractivity contribution in [2.24, 2.45) is 4.99 Å². The summed E-state index contributed by atoms with van der Waals surface area (Å²) in [5, 5.41) is 0.612. The smallest absolute Gasteiger partial charge is 0.338 e. The lowest BCUT2D eigenvalue weighted by Crippen LogP contribution is -2.40. The van der Waals surface area contributed by atoms with Crippen molar-refractivity contribution >= 4 is 35.0 Å². The fourth-order valence-corrected chi connectivity index (χ4v) is 5.74. The summed E-state index contributed by atoms with van der Waals surface area (Å²) >= 11 is 7.42. The summed E-state index contributed by atoms with van der Waals surface area (Å²) in [6, 6.07) is 15.8. The van der Waals surface area contributed by atoms with Gasteiger partial charge in [0.2, 0.25) is 0 Å². The van der Waals surface area contributed by atoms with Crippen molar-refractivity contribution in [1.29, 1.82) is 0 Å². The summed E-state index contributed by atoms with van der Waals surface area (Å²) in [6.07, 6.45) is 1.69. The highest BCUT2D eigenvalue weighted by Gasteiger charge is 2.35. The third kappa shape index (κ3) is 4.61. The molecule has 2 aromatic carbocycles. The topological polar surface area (TPSA) is 83.0 Å². The molecular weight excluding hydrogens is 524 g/mol. The van der Waals surface area contributed by atoms with Gasteiger partial charge in [0.15, 0.2) is 4.80 Å². The van der Waals surface area contributed by atoms with E-state index in [4.69, 9.17) is 25.5 Å². The number of rotatable bonds is 6. The molecule has 0 amide bonds. The molecule has 0 fully saturated rings. The second kappa shape index (κ2) is 10.5. The van der Waals surface area contributed by atoms with Crippen LogP contribution in [0, 0.1) is 6.92 Å². The van der Waals surface area contributed by atoms with Crippen molar-refractivity contribution in [2.75, 3.05) is 13.7 Å². The van der Waals surface area contributed by atoms with Gasteiger partial charge >= 0.3 is 5.97 Å². The van der Waals surface area contributed by atoms with Crippen molar-refractivity contribution in [3.8, 4) is 17.1 Å². The first-order valence-corrected chi connectivity index (χ1v) is 13.2. The Labute approximate surface area is 227 Å². The van der Waals surface area contributed by atoms with Gasteiger partial charge in [0.1, 0.15) is 23.3 Å². The number of allylic oxidation sites excluding steroid dienone is 1. The molecule has 1 aliphatic heterocycles. The van der Waals surface area contributed by atoms with Crippen molar-refractivity contribution in [3.63, 3.8) is 0 Å². The van der Waals surface area contributed by atoms with Gasteiger partial charge in [0.25, 0.3) is 5.56 Å². The van der Waals surface area contributed by atoms with Crippen LogP contribution in [0.2, 0.25) is 5.02 Å². The fourth-order valence-electron chi connectivity index (χ4n) is 4.54. The van der Waals surface area contributed by atoms with Crippen LogP contribution in [0.1, 0.15) is 36.8 Å². The number of hydrogen-bond acceptors (Lipinski definition) is 7. The first-order valence-electron chi connectivity index (χ1n) is 12.0. The summed E-state index contributed by atoms with van der Waals surface area (Å²) in [5.74, 6) is 1.19. The third-order valence-corrected chi connectivity index (χ3v) is 7.53. The zero-order valence-electron chi connectivity index (χ0n) is 21.3. The summed E-state index contributed by atoms with van der Waals surface area (Å²) < 4.78 is 19.0. The SMILES string of the molecule is CCOC(=O)C1=C(C)N=c2s/c(=C\c3ccc(-c4cc(Cl)ccc4C)o3)c(=O)n2[C@@H]1c1ccccc1OC. The maximum Gasteiger partial charge on any atom is 0.338 e. The number of ether oxygens (including phenoxy) is 2. The molecule has 0 radical (unpaired) electrons. The number of methoxy groups -OCH3 is 1. The van der Waals surface area contributed by atoms with E-state index in [1.165, 1.54) is 15.9 Å². The summed E-state index contributed by atoms with van der Waals surface area (Å²) in [4.78, 5) is 32.0. The van der Waals surface area contributed by atoms with Gasteiger partial charge in [0, 0.05) is 22.2 Å². The first-order chi connectivity index (χ1) is 18.3. The number of halogens is 1. The second-order valence-corrected chi connectivity index (χ2v) is 10.2. The summed E-state index contributed by atoms with van der Waals surface area (Å²) in [7, 11) is 1.55. The molecule has 1 atom stereocenters. The molecule has 0 spiro atoms. The minimum Gasteiger partial charge on any atom is -0.496 e. The van der Waals surface area contributed by atoms with E-state index in [9.17, 15) is 9.59 Å². The number of carbonyl (C=O) groups excluding carboxylic acids is 1. The summed E-state index contributed by atoms with van der Waals surface area (Å²) in [6.45, 7) is 5.67. The molecular formula is C29H25ClN2O5S. The van der Waals surface area contributed by atoms with E-state index < -0.39 is 12.0 Å².